The van der Waals surface area contributed by atoms with Crippen LogP contribution in [0.2, 0.25) is 0 Å². The molecule has 1 unspecified atom stereocenters. The van der Waals surface area contributed by atoms with Crippen molar-refractivity contribution in [2.24, 2.45) is 13.0 Å². The van der Waals surface area contributed by atoms with Crippen molar-refractivity contribution in [1.82, 2.24) is 34.0 Å². The highest BCUT2D eigenvalue weighted by molar-refractivity contribution is 5.86. The predicted octanol–water partition coefficient (Wildman–Crippen LogP) is 2.71. The number of aryl methyl sites for hydroxylation is 2. The van der Waals surface area contributed by atoms with Crippen LogP contribution in [0.15, 0.2) is 24.3 Å². The highest BCUT2D eigenvalue weighted by Crippen LogP contribution is 2.35. The van der Waals surface area contributed by atoms with Gasteiger partial charge in [-0.1, -0.05) is 19.1 Å². The zero-order valence-electron chi connectivity index (χ0n) is 24.1. The summed E-state index contributed by atoms with van der Waals surface area (Å²) in [6, 6.07) is 7.99. The Hall–Kier alpha value is -3.61. The minimum Gasteiger partial charge on any atom is -0.480 e. The van der Waals surface area contributed by atoms with Gasteiger partial charge in [0.2, 0.25) is 5.95 Å². The van der Waals surface area contributed by atoms with E-state index in [1.165, 1.54) is 0 Å². The summed E-state index contributed by atoms with van der Waals surface area (Å²) in [5.74, 6) is 1.78. The standard InChI is InChI=1S/C29H38N8O4/c1-5-21-30-19-8-6-7-9-20(19)37(21)28-32-24-22(25(33-28)35-14-16-41-17-15-35)31-26(34(24)4)23(38)18-10-12-36(13-11-18)29(2,3)27(39)40/h6-9,18,23,38H,5,10-17H2,1-4H3,(H,39,40). The second-order valence-corrected chi connectivity index (χ2v) is 11.5. The van der Waals surface area contributed by atoms with Crippen molar-refractivity contribution in [1.29, 1.82) is 0 Å². The van der Waals surface area contributed by atoms with Crippen LogP contribution < -0.4 is 4.90 Å². The van der Waals surface area contributed by atoms with Gasteiger partial charge in [0, 0.05) is 26.6 Å². The second-order valence-electron chi connectivity index (χ2n) is 11.5. The van der Waals surface area contributed by atoms with E-state index in [1.54, 1.807) is 13.8 Å². The van der Waals surface area contributed by atoms with Crippen LogP contribution >= 0.6 is 0 Å². The number of piperidine rings is 1. The molecule has 2 aliphatic rings. The quantitative estimate of drug-likeness (QED) is 0.346. The van der Waals surface area contributed by atoms with E-state index in [4.69, 9.17) is 24.7 Å². The lowest BCUT2D eigenvalue weighted by molar-refractivity contribution is -0.150. The molecule has 12 heteroatoms. The number of carboxylic acid groups (broad SMARTS) is 1. The van der Waals surface area contributed by atoms with Crippen LogP contribution in [0.3, 0.4) is 0 Å². The summed E-state index contributed by atoms with van der Waals surface area (Å²) in [4.78, 5) is 35.8. The minimum absolute atomic E-state index is 0.0464. The number of carbonyl (C=O) groups is 1. The Bertz CT molecular complexity index is 1580. The summed E-state index contributed by atoms with van der Waals surface area (Å²) in [6.45, 7) is 9.30. The first-order valence-electron chi connectivity index (χ1n) is 14.4. The maximum atomic E-state index is 11.8. The Morgan fingerprint density at radius 3 is 2.46 bits per heavy atom. The first-order chi connectivity index (χ1) is 19.7. The number of para-hydroxylation sites is 2. The number of hydrogen-bond acceptors (Lipinski definition) is 9. The molecule has 0 amide bonds. The number of aliphatic carboxylic acids is 1. The van der Waals surface area contributed by atoms with E-state index in [0.29, 0.717) is 75.2 Å². The number of benzene rings is 1. The van der Waals surface area contributed by atoms with Gasteiger partial charge in [0.25, 0.3) is 0 Å². The maximum Gasteiger partial charge on any atom is 0.323 e. The number of morpholine rings is 1. The molecule has 2 aliphatic heterocycles. The fourth-order valence-electron chi connectivity index (χ4n) is 6.07. The van der Waals surface area contributed by atoms with E-state index in [0.717, 1.165) is 29.1 Å². The Labute approximate surface area is 238 Å². The summed E-state index contributed by atoms with van der Waals surface area (Å²) < 4.78 is 9.52. The lowest BCUT2D eigenvalue weighted by atomic mass is 9.88. The molecule has 0 spiro atoms. The monoisotopic (exact) mass is 562 g/mol. The van der Waals surface area contributed by atoms with Crippen molar-refractivity contribution in [2.45, 2.75) is 51.7 Å². The number of nitrogens with zero attached hydrogens (tertiary/aromatic N) is 8. The van der Waals surface area contributed by atoms with Gasteiger partial charge in [0.15, 0.2) is 17.0 Å². The number of aliphatic hydroxyl groups is 1. The lowest BCUT2D eigenvalue weighted by Crippen LogP contribution is -2.53. The zero-order chi connectivity index (χ0) is 28.9. The Morgan fingerprint density at radius 1 is 1.07 bits per heavy atom. The van der Waals surface area contributed by atoms with Crippen LogP contribution in [0.5, 0.6) is 0 Å². The maximum absolute atomic E-state index is 11.8. The van der Waals surface area contributed by atoms with Crippen molar-refractivity contribution in [3.05, 3.63) is 35.9 Å². The molecule has 0 bridgehead atoms. The van der Waals surface area contributed by atoms with E-state index in [2.05, 4.69) is 11.8 Å². The summed E-state index contributed by atoms with van der Waals surface area (Å²) in [7, 11) is 1.89. The second kappa shape index (κ2) is 10.7. The van der Waals surface area contributed by atoms with Crippen LogP contribution in [0.4, 0.5) is 5.82 Å². The van der Waals surface area contributed by atoms with Crippen LogP contribution in [0.25, 0.3) is 28.1 Å². The molecule has 12 nitrogen and oxygen atoms in total. The Balaban J connectivity index is 1.41. The van der Waals surface area contributed by atoms with E-state index in [-0.39, 0.29) is 5.92 Å². The van der Waals surface area contributed by atoms with Gasteiger partial charge in [-0.05, 0) is 57.8 Å². The number of hydrogen-bond donors (Lipinski definition) is 2. The Kier molecular flexibility index (Phi) is 7.16. The molecule has 0 aliphatic carbocycles. The summed E-state index contributed by atoms with van der Waals surface area (Å²) in [5.41, 5.74) is 2.19. The van der Waals surface area contributed by atoms with E-state index < -0.39 is 17.6 Å². The molecular weight excluding hydrogens is 524 g/mol. The topological polar surface area (TPSA) is 135 Å². The molecule has 1 aromatic carbocycles. The van der Waals surface area contributed by atoms with Gasteiger partial charge < -0.3 is 24.4 Å². The van der Waals surface area contributed by atoms with Crippen molar-refractivity contribution in [3.8, 4) is 5.95 Å². The van der Waals surface area contributed by atoms with Gasteiger partial charge >= 0.3 is 5.97 Å². The van der Waals surface area contributed by atoms with E-state index >= 15 is 0 Å². The molecule has 2 fully saturated rings. The molecule has 2 N–H and O–H groups in total. The number of anilines is 1. The van der Waals surface area contributed by atoms with Gasteiger partial charge in [0.05, 0.1) is 24.2 Å². The summed E-state index contributed by atoms with van der Waals surface area (Å²) >= 11 is 0. The highest BCUT2D eigenvalue weighted by atomic mass is 16.5. The smallest absolute Gasteiger partial charge is 0.323 e. The molecule has 3 aromatic heterocycles. The molecule has 41 heavy (non-hydrogen) atoms. The number of rotatable bonds is 7. The minimum atomic E-state index is -0.943. The van der Waals surface area contributed by atoms with Crippen molar-refractivity contribution in [3.63, 3.8) is 0 Å². The molecule has 0 radical (unpaired) electrons. The fraction of sp³-hybridized carbons (Fsp3) is 0.552. The summed E-state index contributed by atoms with van der Waals surface area (Å²) in [6.07, 6.45) is 1.26. The first kappa shape index (κ1) is 27.6. The zero-order valence-corrected chi connectivity index (χ0v) is 24.1. The van der Waals surface area contributed by atoms with Gasteiger partial charge in [-0.3, -0.25) is 14.3 Å². The number of likely N-dealkylation sites (tertiary alicyclic amines) is 1. The molecule has 5 heterocycles. The van der Waals surface area contributed by atoms with Crippen LogP contribution in [0.1, 0.15) is 51.4 Å². The Morgan fingerprint density at radius 2 is 1.78 bits per heavy atom. The molecule has 4 aromatic rings. The van der Waals surface area contributed by atoms with E-state index in [1.807, 2.05) is 45.3 Å². The van der Waals surface area contributed by atoms with Crippen molar-refractivity contribution >= 4 is 34.0 Å². The number of fused-ring (bicyclic) bond motifs is 2. The van der Waals surface area contributed by atoms with Crippen LogP contribution in [0, 0.1) is 5.92 Å². The SMILES string of the molecule is CCc1nc2ccccc2n1-c1nc(N2CCOCC2)c2nc(C(O)C3CCN(C(C)(C)C(=O)O)CC3)n(C)c2n1. The largest absolute Gasteiger partial charge is 0.480 e. The van der Waals surface area contributed by atoms with Crippen molar-refractivity contribution < 1.29 is 19.7 Å². The first-order valence-corrected chi connectivity index (χ1v) is 14.4. The summed E-state index contributed by atoms with van der Waals surface area (Å²) in [5, 5.41) is 21.2. The van der Waals surface area contributed by atoms with Gasteiger partial charge in [-0.15, -0.1) is 0 Å². The van der Waals surface area contributed by atoms with Crippen LogP contribution in [-0.2, 0) is 23.0 Å². The number of imidazole rings is 2. The molecule has 218 valence electrons. The third kappa shape index (κ3) is 4.73. The average molecular weight is 563 g/mol. The average Bonchev–Trinajstić information content (AvgIpc) is 3.54. The number of carboxylic acids is 1. The normalized spacial score (nSPS) is 18.4. The van der Waals surface area contributed by atoms with Crippen LogP contribution in [-0.4, -0.2) is 95.1 Å². The molecule has 1 atom stereocenters. The molecular formula is C29H38N8O4. The molecule has 0 saturated carbocycles. The fourth-order valence-corrected chi connectivity index (χ4v) is 6.07. The van der Waals surface area contributed by atoms with Gasteiger partial charge in [0.1, 0.15) is 23.3 Å². The lowest BCUT2D eigenvalue weighted by Gasteiger charge is -2.41. The number of ether oxygens (including phenoxy) is 1. The number of aromatic nitrogens is 6. The predicted molar refractivity (Wildman–Crippen MR) is 154 cm³/mol. The van der Waals surface area contributed by atoms with Gasteiger partial charge in [-0.25, -0.2) is 9.97 Å². The third-order valence-corrected chi connectivity index (χ3v) is 8.74. The molecule has 2 saturated heterocycles. The number of aliphatic hydroxyl groups excluding tert-OH is 1. The highest BCUT2D eigenvalue weighted by Gasteiger charge is 2.39. The molecule has 6 rings (SSSR count). The van der Waals surface area contributed by atoms with Crippen molar-refractivity contribution in [2.75, 3.05) is 44.3 Å². The van der Waals surface area contributed by atoms with E-state index in [9.17, 15) is 15.0 Å². The van der Waals surface area contributed by atoms with Gasteiger partial charge in [-0.2, -0.15) is 9.97 Å². The third-order valence-electron chi connectivity index (χ3n) is 8.74.